The average Bonchev–Trinajstić information content (AvgIpc) is 3.16. The van der Waals surface area contributed by atoms with Crippen LogP contribution in [-0.4, -0.2) is 40.5 Å². The highest BCUT2D eigenvalue weighted by Gasteiger charge is 2.29. The molecule has 0 unspecified atom stereocenters. The van der Waals surface area contributed by atoms with E-state index >= 15 is 0 Å². The fourth-order valence-electron chi connectivity index (χ4n) is 3.57. The number of likely N-dealkylation sites (tertiary alicyclic amines) is 1. The van der Waals surface area contributed by atoms with Crippen LogP contribution >= 0.6 is 11.3 Å². The van der Waals surface area contributed by atoms with Gasteiger partial charge in [-0.2, -0.15) is 0 Å². The van der Waals surface area contributed by atoms with Crippen molar-refractivity contribution in [3.05, 3.63) is 40.9 Å². The van der Waals surface area contributed by atoms with Crippen molar-refractivity contribution in [2.75, 3.05) is 6.61 Å². The molecule has 1 fully saturated rings. The van der Waals surface area contributed by atoms with Crippen molar-refractivity contribution in [2.24, 2.45) is 0 Å². The second kappa shape index (κ2) is 8.65. The molecule has 1 amide bonds. The van der Waals surface area contributed by atoms with Crippen LogP contribution in [0.4, 0.5) is 0 Å². The summed E-state index contributed by atoms with van der Waals surface area (Å²) in [6.07, 6.45) is 4.11. The van der Waals surface area contributed by atoms with Gasteiger partial charge in [-0.05, 0) is 45.1 Å². The molecule has 0 N–H and O–H groups in total. The van der Waals surface area contributed by atoms with Crippen molar-refractivity contribution in [1.29, 1.82) is 0 Å². The molecule has 2 aromatic rings. The first-order chi connectivity index (χ1) is 13.0. The molecular formula is C21H26N2O3S. The highest BCUT2D eigenvalue weighted by molar-refractivity contribution is 7.13. The van der Waals surface area contributed by atoms with Gasteiger partial charge in [0.1, 0.15) is 5.01 Å². The van der Waals surface area contributed by atoms with Crippen molar-refractivity contribution in [3.8, 4) is 10.6 Å². The molecular weight excluding hydrogens is 360 g/mol. The Bertz CT molecular complexity index is 790. The number of thiazole rings is 1. The zero-order valence-corrected chi connectivity index (χ0v) is 16.9. The van der Waals surface area contributed by atoms with Crippen LogP contribution in [0.25, 0.3) is 10.6 Å². The number of amides is 1. The number of aromatic nitrogens is 1. The van der Waals surface area contributed by atoms with Crippen molar-refractivity contribution >= 4 is 23.2 Å². The van der Waals surface area contributed by atoms with Gasteiger partial charge in [-0.3, -0.25) is 4.79 Å². The largest absolute Gasteiger partial charge is 0.451 e. The first-order valence-electron chi connectivity index (χ1n) is 9.52. The Labute approximate surface area is 164 Å². The molecule has 0 radical (unpaired) electrons. The zero-order valence-electron chi connectivity index (χ0n) is 16.1. The lowest BCUT2D eigenvalue weighted by Crippen LogP contribution is -2.49. The highest BCUT2D eigenvalue weighted by atomic mass is 32.1. The lowest BCUT2D eigenvalue weighted by molar-refractivity contribution is -0.140. The van der Waals surface area contributed by atoms with Crippen LogP contribution in [0.3, 0.4) is 0 Å². The van der Waals surface area contributed by atoms with E-state index in [1.165, 1.54) is 16.9 Å². The van der Waals surface area contributed by atoms with Crippen molar-refractivity contribution in [3.63, 3.8) is 0 Å². The maximum atomic E-state index is 12.5. The molecule has 1 saturated heterocycles. The standard InChI is InChI=1S/C21H26N2O3S/c1-4-16-8-10-17(11-9-16)20-22-18(13-27-20)21(25)26-12-19(24)23-14(2)6-5-7-15(23)3/h8-11,13-15H,4-7,12H2,1-3H3/t14-,15-/m1/s1. The van der Waals surface area contributed by atoms with Gasteiger partial charge in [-0.15, -0.1) is 11.3 Å². The monoisotopic (exact) mass is 386 g/mol. The number of benzene rings is 1. The van der Waals surface area contributed by atoms with Gasteiger partial charge in [0.15, 0.2) is 12.3 Å². The molecule has 5 nitrogen and oxygen atoms in total. The summed E-state index contributed by atoms with van der Waals surface area (Å²) < 4.78 is 5.24. The third kappa shape index (κ3) is 4.56. The van der Waals surface area contributed by atoms with E-state index in [4.69, 9.17) is 4.74 Å². The number of carbonyl (C=O) groups is 2. The second-order valence-corrected chi connectivity index (χ2v) is 7.95. The Balaban J connectivity index is 1.60. The number of ether oxygens (including phenoxy) is 1. The number of nitrogens with zero attached hydrogens (tertiary/aromatic N) is 2. The van der Waals surface area contributed by atoms with E-state index in [2.05, 4.69) is 24.0 Å². The average molecular weight is 387 g/mol. The molecule has 3 rings (SSSR count). The Morgan fingerprint density at radius 3 is 2.48 bits per heavy atom. The van der Waals surface area contributed by atoms with Gasteiger partial charge in [0.25, 0.3) is 5.91 Å². The Hall–Kier alpha value is -2.21. The summed E-state index contributed by atoms with van der Waals surface area (Å²) in [6, 6.07) is 8.53. The van der Waals surface area contributed by atoms with Crippen molar-refractivity contribution in [1.82, 2.24) is 9.88 Å². The molecule has 6 heteroatoms. The zero-order chi connectivity index (χ0) is 19.4. The first-order valence-corrected chi connectivity index (χ1v) is 10.4. The number of esters is 1. The third-order valence-corrected chi connectivity index (χ3v) is 6.02. The van der Waals surface area contributed by atoms with Crippen LogP contribution < -0.4 is 0 Å². The Morgan fingerprint density at radius 2 is 1.85 bits per heavy atom. The maximum absolute atomic E-state index is 12.5. The minimum absolute atomic E-state index is 0.131. The SMILES string of the molecule is CCc1ccc(-c2nc(C(=O)OCC(=O)N3[C@H](C)CCC[C@H]3C)cs2)cc1. The van der Waals surface area contributed by atoms with E-state index in [0.717, 1.165) is 36.3 Å². The van der Waals surface area contributed by atoms with Crippen LogP contribution in [-0.2, 0) is 16.0 Å². The fraction of sp³-hybridized carbons (Fsp3) is 0.476. The molecule has 2 heterocycles. The molecule has 1 aromatic heterocycles. The lowest BCUT2D eigenvalue weighted by atomic mass is 9.97. The normalized spacial score (nSPS) is 19.7. The van der Waals surface area contributed by atoms with E-state index in [1.54, 1.807) is 5.38 Å². The minimum Gasteiger partial charge on any atom is -0.451 e. The molecule has 0 spiro atoms. The smallest absolute Gasteiger partial charge is 0.358 e. The third-order valence-electron chi connectivity index (χ3n) is 5.13. The molecule has 1 aliphatic rings. The topological polar surface area (TPSA) is 59.5 Å². The van der Waals surface area contributed by atoms with Gasteiger partial charge in [0, 0.05) is 23.0 Å². The van der Waals surface area contributed by atoms with Crippen LogP contribution in [0.2, 0.25) is 0 Å². The molecule has 144 valence electrons. The summed E-state index contributed by atoms with van der Waals surface area (Å²) in [5, 5.41) is 2.45. The van der Waals surface area contributed by atoms with Gasteiger partial charge < -0.3 is 9.64 Å². The minimum atomic E-state index is -0.548. The summed E-state index contributed by atoms with van der Waals surface area (Å²) in [4.78, 5) is 31.0. The van der Waals surface area contributed by atoms with Gasteiger partial charge in [-0.1, -0.05) is 31.2 Å². The molecule has 0 aliphatic carbocycles. The quantitative estimate of drug-likeness (QED) is 0.718. The van der Waals surface area contributed by atoms with E-state index in [-0.39, 0.29) is 30.3 Å². The van der Waals surface area contributed by atoms with Gasteiger partial charge >= 0.3 is 5.97 Å². The number of hydrogen-bond donors (Lipinski definition) is 0. The first kappa shape index (κ1) is 19.5. The summed E-state index contributed by atoms with van der Waals surface area (Å²) in [7, 11) is 0. The summed E-state index contributed by atoms with van der Waals surface area (Å²) >= 11 is 1.40. The lowest BCUT2D eigenvalue weighted by Gasteiger charge is -2.38. The second-order valence-electron chi connectivity index (χ2n) is 7.09. The summed E-state index contributed by atoms with van der Waals surface area (Å²) in [6.45, 7) is 5.97. The van der Waals surface area contributed by atoms with Crippen molar-refractivity contribution < 1.29 is 14.3 Å². The van der Waals surface area contributed by atoms with Crippen LogP contribution in [0, 0.1) is 0 Å². The van der Waals surface area contributed by atoms with Crippen LogP contribution in [0.5, 0.6) is 0 Å². The van der Waals surface area contributed by atoms with Gasteiger partial charge in [0.2, 0.25) is 0 Å². The molecule has 2 atom stereocenters. The van der Waals surface area contributed by atoms with E-state index in [0.29, 0.717) is 0 Å². The predicted molar refractivity (Wildman–Crippen MR) is 107 cm³/mol. The van der Waals surface area contributed by atoms with E-state index in [1.807, 2.05) is 30.9 Å². The molecule has 1 aliphatic heterocycles. The number of aryl methyl sites for hydroxylation is 1. The number of rotatable bonds is 5. The predicted octanol–water partition coefficient (Wildman–Crippen LogP) is 4.32. The number of carbonyl (C=O) groups excluding carboxylic acids is 2. The highest BCUT2D eigenvalue weighted by Crippen LogP contribution is 2.25. The van der Waals surface area contributed by atoms with Crippen molar-refractivity contribution in [2.45, 2.75) is 58.5 Å². The Morgan fingerprint density at radius 1 is 1.19 bits per heavy atom. The summed E-state index contributed by atoms with van der Waals surface area (Å²) in [5.74, 6) is -0.679. The van der Waals surface area contributed by atoms with E-state index in [9.17, 15) is 9.59 Å². The molecule has 1 aromatic carbocycles. The van der Waals surface area contributed by atoms with Gasteiger partial charge in [-0.25, -0.2) is 9.78 Å². The molecule has 0 saturated carbocycles. The fourth-order valence-corrected chi connectivity index (χ4v) is 4.37. The van der Waals surface area contributed by atoms with Crippen LogP contribution in [0.1, 0.15) is 56.1 Å². The Kier molecular flexibility index (Phi) is 6.26. The van der Waals surface area contributed by atoms with Crippen LogP contribution in [0.15, 0.2) is 29.6 Å². The molecule has 27 heavy (non-hydrogen) atoms. The van der Waals surface area contributed by atoms with E-state index < -0.39 is 5.97 Å². The number of hydrogen-bond acceptors (Lipinski definition) is 5. The number of piperidine rings is 1. The van der Waals surface area contributed by atoms with Gasteiger partial charge in [0.05, 0.1) is 0 Å². The summed E-state index contributed by atoms with van der Waals surface area (Å²) in [5.41, 5.74) is 2.49. The molecule has 0 bridgehead atoms. The maximum Gasteiger partial charge on any atom is 0.358 e.